The lowest BCUT2D eigenvalue weighted by Gasteiger charge is -2.36. The Balaban J connectivity index is 1.43. The van der Waals surface area contributed by atoms with Crippen LogP contribution in [0.15, 0.2) is 29.3 Å². The highest BCUT2D eigenvalue weighted by atomic mass is 19.3. The van der Waals surface area contributed by atoms with Gasteiger partial charge in [0.25, 0.3) is 6.43 Å². The van der Waals surface area contributed by atoms with Gasteiger partial charge < -0.3 is 24.2 Å². The summed E-state index contributed by atoms with van der Waals surface area (Å²) in [6.07, 6.45) is 4.11. The second kappa shape index (κ2) is 10.2. The summed E-state index contributed by atoms with van der Waals surface area (Å²) in [5.41, 5.74) is -0.579. The van der Waals surface area contributed by atoms with Gasteiger partial charge in [-0.2, -0.15) is 15.0 Å². The summed E-state index contributed by atoms with van der Waals surface area (Å²) in [6, 6.07) is -0.871. The Morgan fingerprint density at radius 2 is 1.54 bits per heavy atom. The summed E-state index contributed by atoms with van der Waals surface area (Å²) >= 11 is 0. The summed E-state index contributed by atoms with van der Waals surface area (Å²) in [4.78, 5) is 37.7. The number of carbonyl (C=O) groups excluding carboxylic acids is 1. The van der Waals surface area contributed by atoms with E-state index in [1.54, 1.807) is 17.1 Å². The zero-order chi connectivity index (χ0) is 26.2. The minimum absolute atomic E-state index is 0.132. The third-order valence-electron chi connectivity index (χ3n) is 6.42. The van der Waals surface area contributed by atoms with Crippen molar-refractivity contribution in [2.75, 3.05) is 67.2 Å². The van der Waals surface area contributed by atoms with Gasteiger partial charge in [0, 0.05) is 39.3 Å². The molecule has 0 aromatic carbocycles. The Hall–Kier alpha value is -3.35. The number of hydrogen-bond donors (Lipinski definition) is 0. The van der Waals surface area contributed by atoms with Crippen molar-refractivity contribution in [3.05, 3.63) is 24.3 Å². The second-order valence-electron chi connectivity index (χ2n) is 10.2. The quantitative estimate of drug-likeness (QED) is 0.593. The molecule has 2 saturated heterocycles. The molecule has 0 spiro atoms. The number of carbonyl (C=O) groups is 1. The number of aromatic nitrogens is 3. The van der Waals surface area contributed by atoms with Gasteiger partial charge in [-0.05, 0) is 20.8 Å². The van der Waals surface area contributed by atoms with Gasteiger partial charge in [-0.3, -0.25) is 9.89 Å². The SMILES string of the molecule is CC(C)(C)OC(=O)N1CCN(c2nc(N3CCOCC3)nc(N3C(C(F)F)=NC4C=CC=CC43)n2)CC1. The van der Waals surface area contributed by atoms with E-state index in [-0.39, 0.29) is 17.9 Å². The normalized spacial score (nSPS) is 24.0. The van der Waals surface area contributed by atoms with E-state index >= 15 is 0 Å². The lowest BCUT2D eigenvalue weighted by Crippen LogP contribution is -2.51. The molecule has 200 valence electrons. The number of morpholine rings is 1. The second-order valence-corrected chi connectivity index (χ2v) is 10.2. The molecule has 0 bridgehead atoms. The van der Waals surface area contributed by atoms with E-state index in [9.17, 15) is 13.6 Å². The summed E-state index contributed by atoms with van der Waals surface area (Å²) < 4.78 is 39.1. The van der Waals surface area contributed by atoms with Crippen molar-refractivity contribution in [3.63, 3.8) is 0 Å². The topological polar surface area (TPSA) is 99.5 Å². The van der Waals surface area contributed by atoms with Crippen molar-refractivity contribution in [3.8, 4) is 0 Å². The van der Waals surface area contributed by atoms with Gasteiger partial charge in [0.2, 0.25) is 17.8 Å². The van der Waals surface area contributed by atoms with Gasteiger partial charge in [0.1, 0.15) is 5.60 Å². The molecule has 2 unspecified atom stereocenters. The van der Waals surface area contributed by atoms with Crippen molar-refractivity contribution in [2.24, 2.45) is 4.99 Å². The Morgan fingerprint density at radius 3 is 2.16 bits per heavy atom. The third-order valence-corrected chi connectivity index (χ3v) is 6.42. The molecule has 4 aliphatic rings. The molecule has 1 aliphatic carbocycles. The average molecular weight is 519 g/mol. The molecule has 2 atom stereocenters. The molecule has 37 heavy (non-hydrogen) atoms. The monoisotopic (exact) mass is 518 g/mol. The number of amidine groups is 1. The first-order valence-corrected chi connectivity index (χ1v) is 12.5. The Labute approximate surface area is 214 Å². The highest BCUT2D eigenvalue weighted by Gasteiger charge is 2.41. The van der Waals surface area contributed by atoms with Crippen LogP contribution in [0, 0.1) is 0 Å². The van der Waals surface area contributed by atoms with E-state index in [0.717, 1.165) is 0 Å². The average Bonchev–Trinajstić information content (AvgIpc) is 3.28. The summed E-state index contributed by atoms with van der Waals surface area (Å²) in [5.74, 6) is 0.562. The number of amides is 1. The maximum atomic E-state index is 14.1. The number of fused-ring (bicyclic) bond motifs is 1. The van der Waals surface area contributed by atoms with Gasteiger partial charge in [-0.25, -0.2) is 13.6 Å². The van der Waals surface area contributed by atoms with Gasteiger partial charge >= 0.3 is 6.09 Å². The molecule has 0 N–H and O–H groups in total. The fourth-order valence-electron chi connectivity index (χ4n) is 4.62. The highest BCUT2D eigenvalue weighted by Crippen LogP contribution is 2.31. The molecule has 4 heterocycles. The fourth-order valence-corrected chi connectivity index (χ4v) is 4.62. The van der Waals surface area contributed by atoms with Crippen molar-refractivity contribution in [2.45, 2.75) is 44.9 Å². The van der Waals surface area contributed by atoms with Crippen LogP contribution in [0.3, 0.4) is 0 Å². The number of rotatable bonds is 4. The number of anilines is 3. The number of piperazine rings is 1. The Morgan fingerprint density at radius 1 is 0.946 bits per heavy atom. The predicted molar refractivity (Wildman–Crippen MR) is 135 cm³/mol. The molecule has 0 saturated carbocycles. The van der Waals surface area contributed by atoms with Crippen LogP contribution in [0.2, 0.25) is 0 Å². The lowest BCUT2D eigenvalue weighted by atomic mass is 10.0. The molecule has 5 rings (SSSR count). The van der Waals surface area contributed by atoms with Gasteiger partial charge in [-0.1, -0.05) is 24.3 Å². The minimum Gasteiger partial charge on any atom is -0.444 e. The maximum Gasteiger partial charge on any atom is 0.410 e. The smallest absolute Gasteiger partial charge is 0.410 e. The number of halogens is 2. The Kier molecular flexibility index (Phi) is 6.97. The van der Waals surface area contributed by atoms with Crippen LogP contribution in [0.25, 0.3) is 0 Å². The zero-order valence-electron chi connectivity index (χ0n) is 21.3. The highest BCUT2D eigenvalue weighted by molar-refractivity contribution is 6.02. The van der Waals surface area contributed by atoms with E-state index in [0.29, 0.717) is 64.4 Å². The first-order valence-electron chi connectivity index (χ1n) is 12.5. The first-order chi connectivity index (χ1) is 17.7. The Bertz CT molecular complexity index is 1090. The molecule has 1 aromatic heterocycles. The standard InChI is InChI=1S/C24H32F2N8O3/c1-24(2,3)37-23(35)33-10-8-31(9-11-33)20-28-21(32-12-14-36-15-13-32)30-22(29-20)34-17-7-5-4-6-16(17)27-19(34)18(25)26/h4-7,16-18H,8-15H2,1-3H3. The molecular formula is C24H32F2N8O3. The van der Waals surface area contributed by atoms with Crippen LogP contribution in [0.1, 0.15) is 20.8 Å². The summed E-state index contributed by atoms with van der Waals surface area (Å²) in [6.45, 7) is 9.49. The van der Waals surface area contributed by atoms with E-state index in [1.165, 1.54) is 4.90 Å². The molecule has 1 aromatic rings. The number of ether oxygens (including phenoxy) is 2. The van der Waals surface area contributed by atoms with Crippen molar-refractivity contribution in [1.82, 2.24) is 19.9 Å². The van der Waals surface area contributed by atoms with E-state index < -0.39 is 24.1 Å². The van der Waals surface area contributed by atoms with Crippen LogP contribution in [0.4, 0.5) is 31.4 Å². The zero-order valence-corrected chi connectivity index (χ0v) is 21.3. The fraction of sp³-hybridized carbons (Fsp3) is 0.625. The first kappa shape index (κ1) is 25.3. The van der Waals surface area contributed by atoms with Gasteiger partial charge in [0.15, 0.2) is 5.84 Å². The third kappa shape index (κ3) is 5.50. The maximum absolute atomic E-state index is 14.1. The number of alkyl halides is 2. The predicted octanol–water partition coefficient (Wildman–Crippen LogP) is 2.11. The molecule has 2 fully saturated rings. The molecule has 0 radical (unpaired) electrons. The van der Waals surface area contributed by atoms with Gasteiger partial charge in [-0.15, -0.1) is 0 Å². The van der Waals surface area contributed by atoms with E-state index in [2.05, 4.69) is 15.0 Å². The van der Waals surface area contributed by atoms with Crippen LogP contribution in [-0.4, -0.2) is 108 Å². The van der Waals surface area contributed by atoms with E-state index in [1.807, 2.05) is 42.7 Å². The van der Waals surface area contributed by atoms with Crippen molar-refractivity contribution in [1.29, 1.82) is 0 Å². The number of allylic oxidation sites excluding steroid dienone is 2. The van der Waals surface area contributed by atoms with E-state index in [4.69, 9.17) is 14.5 Å². The molecule has 11 nitrogen and oxygen atoms in total. The minimum atomic E-state index is -2.78. The van der Waals surface area contributed by atoms with Crippen LogP contribution < -0.4 is 14.7 Å². The number of nitrogens with zero attached hydrogens (tertiary/aromatic N) is 8. The summed E-state index contributed by atoms with van der Waals surface area (Å²) in [7, 11) is 0. The lowest BCUT2D eigenvalue weighted by molar-refractivity contribution is 0.0240. The van der Waals surface area contributed by atoms with Gasteiger partial charge in [0.05, 0.1) is 25.3 Å². The van der Waals surface area contributed by atoms with Crippen LogP contribution in [-0.2, 0) is 9.47 Å². The molecule has 13 heteroatoms. The largest absolute Gasteiger partial charge is 0.444 e. The number of hydrogen-bond acceptors (Lipinski definition) is 10. The number of aliphatic imine (C=N–C) groups is 1. The van der Waals surface area contributed by atoms with Crippen LogP contribution in [0.5, 0.6) is 0 Å². The summed E-state index contributed by atoms with van der Waals surface area (Å²) in [5, 5.41) is 0. The molecular weight excluding hydrogens is 486 g/mol. The van der Waals surface area contributed by atoms with Crippen molar-refractivity contribution < 1.29 is 23.0 Å². The van der Waals surface area contributed by atoms with Crippen molar-refractivity contribution >= 4 is 29.8 Å². The molecule has 3 aliphatic heterocycles. The molecule has 1 amide bonds. The van der Waals surface area contributed by atoms with Crippen LogP contribution >= 0.6 is 0 Å².